The summed E-state index contributed by atoms with van der Waals surface area (Å²) >= 11 is 0. The van der Waals surface area contributed by atoms with Gasteiger partial charge in [-0.1, -0.05) is 0 Å². The van der Waals surface area contributed by atoms with Gasteiger partial charge in [-0.3, -0.25) is 0 Å². The highest BCUT2D eigenvalue weighted by Gasteiger charge is 2.32. The van der Waals surface area contributed by atoms with Crippen LogP contribution in [0.25, 0.3) is 0 Å². The minimum atomic E-state index is -3.41. The van der Waals surface area contributed by atoms with E-state index < -0.39 is 10.2 Å². The van der Waals surface area contributed by atoms with E-state index in [2.05, 4.69) is 0 Å². The lowest BCUT2D eigenvalue weighted by molar-refractivity contribution is 0.396. The van der Waals surface area contributed by atoms with Crippen LogP contribution in [0.3, 0.4) is 0 Å². The molecule has 0 saturated carbocycles. The molecule has 0 spiro atoms. The van der Waals surface area contributed by atoms with Crippen LogP contribution in [0.4, 0.5) is 0 Å². The van der Waals surface area contributed by atoms with Gasteiger partial charge in [0.25, 0.3) is 10.2 Å². The van der Waals surface area contributed by atoms with Crippen LogP contribution in [0, 0.1) is 11.3 Å². The van der Waals surface area contributed by atoms with Crippen LogP contribution in [0.5, 0.6) is 0 Å². The average molecular weight is 232 g/mol. The normalized spacial score (nSPS) is 23.2. The third-order valence-electron chi connectivity index (χ3n) is 2.45. The monoisotopic (exact) mass is 232 g/mol. The van der Waals surface area contributed by atoms with E-state index in [-0.39, 0.29) is 19.0 Å². The van der Waals surface area contributed by atoms with Crippen LogP contribution in [-0.4, -0.2) is 49.8 Å². The molecule has 1 fully saturated rings. The number of nitriles is 1. The quantitative estimate of drug-likeness (QED) is 0.680. The summed E-state index contributed by atoms with van der Waals surface area (Å²) in [5, 5.41) is 8.38. The number of hydrogen-bond acceptors (Lipinski definition) is 4. The predicted molar refractivity (Wildman–Crippen MR) is 55.9 cm³/mol. The van der Waals surface area contributed by atoms with Gasteiger partial charge < -0.3 is 5.73 Å². The summed E-state index contributed by atoms with van der Waals surface area (Å²) in [5.74, 6) is 0. The molecule has 1 aliphatic rings. The van der Waals surface area contributed by atoms with Crippen LogP contribution in [0.2, 0.25) is 0 Å². The zero-order valence-corrected chi connectivity index (χ0v) is 9.57. The molecule has 1 atom stereocenters. The van der Waals surface area contributed by atoms with Crippen LogP contribution in [0.15, 0.2) is 0 Å². The fraction of sp³-hybridized carbons (Fsp3) is 0.875. The molecule has 0 aliphatic carbocycles. The lowest BCUT2D eigenvalue weighted by Crippen LogP contribution is -2.42. The van der Waals surface area contributed by atoms with Crippen molar-refractivity contribution < 1.29 is 8.42 Å². The van der Waals surface area contributed by atoms with E-state index in [1.807, 2.05) is 6.07 Å². The summed E-state index contributed by atoms with van der Waals surface area (Å²) in [6.07, 6.45) is 0.904. The smallest absolute Gasteiger partial charge is 0.281 e. The maximum absolute atomic E-state index is 11.9. The van der Waals surface area contributed by atoms with Crippen molar-refractivity contribution in [2.75, 3.05) is 26.7 Å². The molecule has 1 heterocycles. The third-order valence-corrected chi connectivity index (χ3v) is 4.40. The van der Waals surface area contributed by atoms with Crippen molar-refractivity contribution in [3.63, 3.8) is 0 Å². The summed E-state index contributed by atoms with van der Waals surface area (Å²) in [7, 11) is -1.93. The van der Waals surface area contributed by atoms with Crippen molar-refractivity contribution in [2.45, 2.75) is 18.9 Å². The first-order valence-electron chi connectivity index (χ1n) is 4.82. The molecule has 6 nitrogen and oxygen atoms in total. The molecule has 0 aromatic carbocycles. The highest BCUT2D eigenvalue weighted by Crippen LogP contribution is 2.14. The second-order valence-corrected chi connectivity index (χ2v) is 5.68. The number of nitrogens with two attached hydrogens (primary N) is 1. The van der Waals surface area contributed by atoms with Crippen molar-refractivity contribution in [2.24, 2.45) is 5.73 Å². The van der Waals surface area contributed by atoms with Crippen LogP contribution < -0.4 is 5.73 Å². The Kier molecular flexibility index (Phi) is 4.04. The molecular formula is C8H16N4O2S. The summed E-state index contributed by atoms with van der Waals surface area (Å²) in [4.78, 5) is 0. The second-order valence-electron chi connectivity index (χ2n) is 3.64. The zero-order valence-electron chi connectivity index (χ0n) is 8.76. The molecule has 1 unspecified atom stereocenters. The van der Waals surface area contributed by atoms with Crippen LogP contribution >= 0.6 is 0 Å². The Bertz CT molecular complexity index is 348. The Hall–Kier alpha value is -0.680. The maximum Gasteiger partial charge on any atom is 0.281 e. The van der Waals surface area contributed by atoms with Gasteiger partial charge in [-0.15, -0.1) is 0 Å². The van der Waals surface area contributed by atoms with Gasteiger partial charge in [-0.25, -0.2) is 0 Å². The van der Waals surface area contributed by atoms with Crippen molar-refractivity contribution >= 4 is 10.2 Å². The van der Waals surface area contributed by atoms with Crippen molar-refractivity contribution in [1.29, 1.82) is 5.26 Å². The van der Waals surface area contributed by atoms with Gasteiger partial charge in [0.05, 0.1) is 6.07 Å². The fourth-order valence-corrected chi connectivity index (χ4v) is 2.92. The molecule has 1 rings (SSSR count). The standard InChI is InChI=1S/C8H16N4O2S/c1-11(5-2-4-9)15(13,14)12-6-3-8(10)7-12/h8H,2-3,5-7,10H2,1H3. The largest absolute Gasteiger partial charge is 0.326 e. The minimum Gasteiger partial charge on any atom is -0.326 e. The Morgan fingerprint density at radius 2 is 2.33 bits per heavy atom. The Labute approximate surface area is 90.4 Å². The lowest BCUT2D eigenvalue weighted by Gasteiger charge is -2.23. The Morgan fingerprint density at radius 3 is 2.80 bits per heavy atom. The SMILES string of the molecule is CN(CCC#N)S(=O)(=O)N1CCC(N)C1. The summed E-state index contributed by atoms with van der Waals surface area (Å²) in [6, 6.07) is 1.86. The molecule has 0 aromatic heterocycles. The molecule has 1 saturated heterocycles. The molecule has 0 bridgehead atoms. The lowest BCUT2D eigenvalue weighted by atomic mass is 10.3. The first-order chi connectivity index (χ1) is 6.98. The van der Waals surface area contributed by atoms with E-state index in [1.165, 1.54) is 15.7 Å². The summed E-state index contributed by atoms with van der Waals surface area (Å²) in [6.45, 7) is 1.07. The van der Waals surface area contributed by atoms with E-state index in [4.69, 9.17) is 11.0 Å². The summed E-state index contributed by atoms with van der Waals surface area (Å²) < 4.78 is 26.3. The topological polar surface area (TPSA) is 90.4 Å². The molecule has 1 aliphatic heterocycles. The van der Waals surface area contributed by atoms with Gasteiger partial charge in [0.15, 0.2) is 0 Å². The predicted octanol–water partition coefficient (Wildman–Crippen LogP) is -0.890. The average Bonchev–Trinajstić information content (AvgIpc) is 2.61. The highest BCUT2D eigenvalue weighted by molar-refractivity contribution is 7.86. The Morgan fingerprint density at radius 1 is 1.67 bits per heavy atom. The number of rotatable bonds is 4. The molecule has 2 N–H and O–H groups in total. The van der Waals surface area contributed by atoms with Gasteiger partial charge in [0, 0.05) is 39.1 Å². The first kappa shape index (κ1) is 12.4. The number of hydrogen-bond donors (Lipinski definition) is 1. The van der Waals surface area contributed by atoms with Crippen LogP contribution in [-0.2, 0) is 10.2 Å². The summed E-state index contributed by atoms with van der Waals surface area (Å²) in [5.41, 5.74) is 5.65. The Balaban J connectivity index is 2.62. The fourth-order valence-electron chi connectivity index (χ4n) is 1.48. The third kappa shape index (κ3) is 2.89. The van der Waals surface area contributed by atoms with Crippen LogP contribution in [0.1, 0.15) is 12.8 Å². The van der Waals surface area contributed by atoms with E-state index in [0.717, 1.165) is 0 Å². The molecule has 15 heavy (non-hydrogen) atoms. The van der Waals surface area contributed by atoms with E-state index in [1.54, 1.807) is 0 Å². The van der Waals surface area contributed by atoms with E-state index in [0.29, 0.717) is 19.5 Å². The molecule has 0 radical (unpaired) electrons. The molecule has 0 aromatic rings. The van der Waals surface area contributed by atoms with Gasteiger partial charge in [-0.05, 0) is 6.42 Å². The first-order valence-corrected chi connectivity index (χ1v) is 6.22. The molecule has 0 amide bonds. The second kappa shape index (κ2) is 4.90. The molecule has 7 heteroatoms. The minimum absolute atomic E-state index is 0.0656. The van der Waals surface area contributed by atoms with Gasteiger partial charge in [0.1, 0.15) is 0 Å². The highest BCUT2D eigenvalue weighted by atomic mass is 32.2. The van der Waals surface area contributed by atoms with E-state index >= 15 is 0 Å². The van der Waals surface area contributed by atoms with Crippen molar-refractivity contribution in [3.8, 4) is 6.07 Å². The van der Waals surface area contributed by atoms with Gasteiger partial charge in [-0.2, -0.15) is 22.3 Å². The van der Waals surface area contributed by atoms with Gasteiger partial charge in [0.2, 0.25) is 0 Å². The van der Waals surface area contributed by atoms with E-state index in [9.17, 15) is 8.42 Å². The van der Waals surface area contributed by atoms with Crippen molar-refractivity contribution in [1.82, 2.24) is 8.61 Å². The van der Waals surface area contributed by atoms with Crippen molar-refractivity contribution in [3.05, 3.63) is 0 Å². The number of nitrogens with zero attached hydrogens (tertiary/aromatic N) is 3. The molecular weight excluding hydrogens is 216 g/mol. The van der Waals surface area contributed by atoms with Gasteiger partial charge >= 0.3 is 0 Å². The maximum atomic E-state index is 11.9. The molecule has 86 valence electrons. The zero-order chi connectivity index (χ0) is 11.5.